The number of anilines is 1. The van der Waals surface area contributed by atoms with Crippen molar-refractivity contribution in [2.24, 2.45) is 0 Å². The molecule has 6 nitrogen and oxygen atoms in total. The largest absolute Gasteiger partial charge is 0.476 e. The third-order valence-corrected chi connectivity index (χ3v) is 3.75. The van der Waals surface area contributed by atoms with E-state index in [0.29, 0.717) is 11.9 Å². The number of hydrogen-bond donors (Lipinski definition) is 2. The van der Waals surface area contributed by atoms with Gasteiger partial charge < -0.3 is 15.3 Å². The van der Waals surface area contributed by atoms with Crippen LogP contribution in [0.1, 0.15) is 43.1 Å². The monoisotopic (exact) mass is 278 g/mol. The minimum absolute atomic E-state index is 0.0299. The van der Waals surface area contributed by atoms with E-state index in [9.17, 15) is 4.79 Å². The van der Waals surface area contributed by atoms with E-state index in [2.05, 4.69) is 27.3 Å². The van der Waals surface area contributed by atoms with E-state index in [-0.39, 0.29) is 5.69 Å². The first-order valence-corrected chi connectivity index (χ1v) is 7.22. The van der Waals surface area contributed by atoms with Gasteiger partial charge in [0.15, 0.2) is 5.69 Å². The number of carboxylic acids is 1. The van der Waals surface area contributed by atoms with E-state index >= 15 is 0 Å². The molecule has 0 spiro atoms. The van der Waals surface area contributed by atoms with E-state index in [0.717, 1.165) is 19.5 Å². The maximum Gasteiger partial charge on any atom is 0.356 e. The number of nitrogens with zero attached hydrogens (tertiary/aromatic N) is 3. The van der Waals surface area contributed by atoms with Gasteiger partial charge in [0, 0.05) is 19.1 Å². The number of hydrogen-bond acceptors (Lipinski definition) is 5. The minimum Gasteiger partial charge on any atom is -0.476 e. The average molecular weight is 278 g/mol. The van der Waals surface area contributed by atoms with Gasteiger partial charge in [0.25, 0.3) is 0 Å². The van der Waals surface area contributed by atoms with Crippen molar-refractivity contribution in [3.63, 3.8) is 0 Å². The van der Waals surface area contributed by atoms with E-state index in [4.69, 9.17) is 5.11 Å². The summed E-state index contributed by atoms with van der Waals surface area (Å²) in [6.07, 6.45) is 5.00. The summed E-state index contributed by atoms with van der Waals surface area (Å²) >= 11 is 0. The van der Waals surface area contributed by atoms with Crippen LogP contribution in [0, 0.1) is 0 Å². The third-order valence-electron chi connectivity index (χ3n) is 3.75. The molecule has 1 aliphatic heterocycles. The number of piperidine rings is 1. The summed E-state index contributed by atoms with van der Waals surface area (Å²) in [6.45, 7) is 5.41. The lowest BCUT2D eigenvalue weighted by molar-refractivity contribution is 0.0689. The van der Waals surface area contributed by atoms with Crippen LogP contribution in [0.15, 0.2) is 12.1 Å². The number of nitrogens with one attached hydrogen (secondary N) is 1. The summed E-state index contributed by atoms with van der Waals surface area (Å²) in [4.78, 5) is 13.2. The Balaban J connectivity index is 1.69. The van der Waals surface area contributed by atoms with Crippen LogP contribution in [0.2, 0.25) is 0 Å². The number of carbonyl (C=O) groups is 1. The molecule has 1 aliphatic rings. The van der Waals surface area contributed by atoms with Crippen molar-refractivity contribution in [3.8, 4) is 0 Å². The van der Waals surface area contributed by atoms with Gasteiger partial charge in [-0.2, -0.15) is 0 Å². The van der Waals surface area contributed by atoms with Gasteiger partial charge in [-0.3, -0.25) is 0 Å². The van der Waals surface area contributed by atoms with Crippen LogP contribution in [-0.4, -0.2) is 51.8 Å². The molecule has 1 saturated heterocycles. The van der Waals surface area contributed by atoms with Crippen molar-refractivity contribution in [1.29, 1.82) is 0 Å². The fourth-order valence-corrected chi connectivity index (χ4v) is 2.53. The molecule has 6 heteroatoms. The Labute approximate surface area is 119 Å². The summed E-state index contributed by atoms with van der Waals surface area (Å²) < 4.78 is 0. The van der Waals surface area contributed by atoms with Crippen LogP contribution in [0.5, 0.6) is 0 Å². The lowest BCUT2D eigenvalue weighted by Gasteiger charge is -2.33. The first kappa shape index (κ1) is 14.7. The van der Waals surface area contributed by atoms with Crippen LogP contribution in [0.4, 0.5) is 5.82 Å². The Morgan fingerprint density at radius 3 is 2.95 bits per heavy atom. The van der Waals surface area contributed by atoms with E-state index < -0.39 is 5.97 Å². The summed E-state index contributed by atoms with van der Waals surface area (Å²) in [5, 5.41) is 19.4. The fraction of sp³-hybridized carbons (Fsp3) is 0.643. The molecule has 110 valence electrons. The second kappa shape index (κ2) is 7.19. The highest BCUT2D eigenvalue weighted by molar-refractivity contribution is 5.85. The SMILES string of the molecule is CC1CCCCN1CCCNc1ccc(C(=O)O)nn1. The maximum atomic E-state index is 10.6. The number of aromatic nitrogens is 2. The van der Waals surface area contributed by atoms with Crippen LogP contribution >= 0.6 is 0 Å². The van der Waals surface area contributed by atoms with Crippen molar-refractivity contribution in [2.75, 3.05) is 25.0 Å². The van der Waals surface area contributed by atoms with Crippen LogP contribution in [0.3, 0.4) is 0 Å². The molecule has 1 fully saturated rings. The molecule has 1 unspecified atom stereocenters. The fourth-order valence-electron chi connectivity index (χ4n) is 2.53. The quantitative estimate of drug-likeness (QED) is 0.773. The zero-order valence-electron chi connectivity index (χ0n) is 11.9. The highest BCUT2D eigenvalue weighted by atomic mass is 16.4. The predicted molar refractivity (Wildman–Crippen MR) is 77.0 cm³/mol. The van der Waals surface area contributed by atoms with Gasteiger partial charge >= 0.3 is 5.97 Å². The van der Waals surface area contributed by atoms with Crippen LogP contribution < -0.4 is 5.32 Å². The van der Waals surface area contributed by atoms with Gasteiger partial charge in [0.1, 0.15) is 5.82 Å². The van der Waals surface area contributed by atoms with Gasteiger partial charge in [-0.15, -0.1) is 10.2 Å². The molecule has 0 amide bonds. The van der Waals surface area contributed by atoms with Crippen molar-refractivity contribution in [3.05, 3.63) is 17.8 Å². The molecule has 0 aliphatic carbocycles. The summed E-state index contributed by atoms with van der Waals surface area (Å²) in [5.74, 6) is -0.426. The van der Waals surface area contributed by atoms with Crippen molar-refractivity contribution in [2.45, 2.75) is 38.6 Å². The number of carboxylic acid groups (broad SMARTS) is 1. The standard InChI is InChI=1S/C14H22N4O2/c1-11-5-2-3-9-18(11)10-4-8-15-13-7-6-12(14(19)20)16-17-13/h6-7,11H,2-5,8-10H2,1H3,(H,15,17)(H,19,20). The zero-order chi connectivity index (χ0) is 14.4. The summed E-state index contributed by atoms with van der Waals surface area (Å²) in [6, 6.07) is 3.81. The Morgan fingerprint density at radius 2 is 2.30 bits per heavy atom. The Morgan fingerprint density at radius 1 is 1.45 bits per heavy atom. The van der Waals surface area contributed by atoms with Gasteiger partial charge in [0.2, 0.25) is 0 Å². The molecule has 1 atom stereocenters. The molecule has 0 aromatic carbocycles. The van der Waals surface area contributed by atoms with Gasteiger partial charge in [-0.1, -0.05) is 6.42 Å². The Hall–Kier alpha value is -1.69. The number of aromatic carboxylic acids is 1. The minimum atomic E-state index is -1.05. The average Bonchev–Trinajstić information content (AvgIpc) is 2.46. The molecule has 2 rings (SSSR count). The van der Waals surface area contributed by atoms with Gasteiger partial charge in [-0.05, 0) is 44.9 Å². The zero-order valence-corrected chi connectivity index (χ0v) is 11.9. The number of likely N-dealkylation sites (tertiary alicyclic amines) is 1. The van der Waals surface area contributed by atoms with Crippen molar-refractivity contribution >= 4 is 11.8 Å². The molecule has 0 bridgehead atoms. The van der Waals surface area contributed by atoms with E-state index in [1.54, 1.807) is 6.07 Å². The van der Waals surface area contributed by atoms with E-state index in [1.165, 1.54) is 31.9 Å². The van der Waals surface area contributed by atoms with Crippen molar-refractivity contribution < 1.29 is 9.90 Å². The number of rotatable bonds is 6. The molecular weight excluding hydrogens is 256 g/mol. The molecular formula is C14H22N4O2. The summed E-state index contributed by atoms with van der Waals surface area (Å²) in [7, 11) is 0. The highest BCUT2D eigenvalue weighted by Gasteiger charge is 2.16. The normalized spacial score (nSPS) is 19.8. The van der Waals surface area contributed by atoms with Gasteiger partial charge in [0.05, 0.1) is 0 Å². The van der Waals surface area contributed by atoms with Gasteiger partial charge in [-0.25, -0.2) is 4.79 Å². The maximum absolute atomic E-state index is 10.6. The lowest BCUT2D eigenvalue weighted by atomic mass is 10.0. The molecule has 2 N–H and O–H groups in total. The predicted octanol–water partition coefficient (Wildman–Crippen LogP) is 1.85. The Kier molecular flexibility index (Phi) is 5.29. The molecule has 0 radical (unpaired) electrons. The molecule has 1 aromatic heterocycles. The Bertz CT molecular complexity index is 435. The molecule has 2 heterocycles. The first-order chi connectivity index (χ1) is 9.66. The lowest BCUT2D eigenvalue weighted by Crippen LogP contribution is -2.38. The second-order valence-electron chi connectivity index (χ2n) is 5.27. The van der Waals surface area contributed by atoms with Crippen LogP contribution in [-0.2, 0) is 0 Å². The second-order valence-corrected chi connectivity index (χ2v) is 5.27. The summed E-state index contributed by atoms with van der Waals surface area (Å²) in [5.41, 5.74) is -0.0299. The van der Waals surface area contributed by atoms with Crippen molar-refractivity contribution in [1.82, 2.24) is 15.1 Å². The molecule has 20 heavy (non-hydrogen) atoms. The smallest absolute Gasteiger partial charge is 0.356 e. The third kappa shape index (κ3) is 4.16. The molecule has 1 aromatic rings. The highest BCUT2D eigenvalue weighted by Crippen LogP contribution is 2.16. The topological polar surface area (TPSA) is 78.4 Å². The van der Waals surface area contributed by atoms with Crippen LogP contribution in [0.25, 0.3) is 0 Å². The first-order valence-electron chi connectivity index (χ1n) is 7.22. The van der Waals surface area contributed by atoms with E-state index in [1.807, 2.05) is 0 Å². The molecule has 0 saturated carbocycles.